The smallest absolute Gasteiger partial charge is 0.0152 e. The second kappa shape index (κ2) is 10.4. The van der Waals surface area contributed by atoms with Gasteiger partial charge < -0.3 is 0 Å². The van der Waals surface area contributed by atoms with Gasteiger partial charge in [-0.3, -0.25) is 0 Å². The summed E-state index contributed by atoms with van der Waals surface area (Å²) in [6, 6.07) is 25.8. The summed E-state index contributed by atoms with van der Waals surface area (Å²) in [6.45, 7) is 12.4. The van der Waals surface area contributed by atoms with E-state index in [-0.39, 0.29) is 0 Å². The standard InChI is InChI=1S/C20H18.2C2H6/c1-15-13-20(18-11-7-4-8-12-18)16(2)14-19(15)17-9-5-3-6-10-17;2*1-2/h3-14H,1-2H3;2*1-2H3. The summed E-state index contributed by atoms with van der Waals surface area (Å²) in [6.07, 6.45) is 0. The third kappa shape index (κ3) is 4.83. The van der Waals surface area contributed by atoms with Crippen LogP contribution in [0.25, 0.3) is 22.3 Å². The third-order valence-corrected chi connectivity index (χ3v) is 3.74. The molecule has 3 rings (SSSR count). The van der Waals surface area contributed by atoms with Crippen molar-refractivity contribution in [2.75, 3.05) is 0 Å². The maximum absolute atomic E-state index is 2.30. The highest BCUT2D eigenvalue weighted by Crippen LogP contribution is 2.31. The maximum Gasteiger partial charge on any atom is -0.0152 e. The molecule has 0 unspecified atom stereocenters. The van der Waals surface area contributed by atoms with E-state index in [9.17, 15) is 0 Å². The normalized spacial score (nSPS) is 9.25. The van der Waals surface area contributed by atoms with Crippen molar-refractivity contribution in [2.24, 2.45) is 0 Å². The SMILES string of the molecule is CC.CC.Cc1cc(-c2ccccc2)c(C)cc1-c1ccccc1. The lowest BCUT2D eigenvalue weighted by Gasteiger charge is -2.13. The van der Waals surface area contributed by atoms with E-state index < -0.39 is 0 Å². The highest BCUT2D eigenvalue weighted by Gasteiger charge is 2.07. The van der Waals surface area contributed by atoms with Gasteiger partial charge in [-0.25, -0.2) is 0 Å². The first kappa shape index (κ1) is 19.7. The van der Waals surface area contributed by atoms with Crippen molar-refractivity contribution >= 4 is 0 Å². The van der Waals surface area contributed by atoms with E-state index in [0.29, 0.717) is 0 Å². The molecule has 0 amide bonds. The Bertz CT molecular complexity index is 645. The van der Waals surface area contributed by atoms with Gasteiger partial charge in [0, 0.05) is 0 Å². The molecule has 24 heavy (non-hydrogen) atoms. The van der Waals surface area contributed by atoms with Crippen LogP contribution in [0.2, 0.25) is 0 Å². The van der Waals surface area contributed by atoms with E-state index in [4.69, 9.17) is 0 Å². The molecule has 0 fully saturated rings. The molecule has 0 aliphatic heterocycles. The predicted molar refractivity (Wildman–Crippen MR) is 109 cm³/mol. The van der Waals surface area contributed by atoms with Crippen molar-refractivity contribution in [3.63, 3.8) is 0 Å². The van der Waals surface area contributed by atoms with Crippen LogP contribution in [-0.4, -0.2) is 0 Å². The molecule has 0 aromatic heterocycles. The van der Waals surface area contributed by atoms with Crippen molar-refractivity contribution in [2.45, 2.75) is 41.5 Å². The number of aryl methyl sites for hydroxylation is 2. The van der Waals surface area contributed by atoms with Gasteiger partial charge in [0.2, 0.25) is 0 Å². The minimum absolute atomic E-state index is 1.28. The van der Waals surface area contributed by atoms with Crippen LogP contribution in [0.3, 0.4) is 0 Å². The third-order valence-electron chi connectivity index (χ3n) is 3.74. The van der Waals surface area contributed by atoms with Gasteiger partial charge in [0.15, 0.2) is 0 Å². The average Bonchev–Trinajstić information content (AvgIpc) is 2.68. The minimum Gasteiger partial charge on any atom is -0.0683 e. The number of hydrogen-bond acceptors (Lipinski definition) is 0. The molecule has 0 radical (unpaired) electrons. The van der Waals surface area contributed by atoms with Crippen molar-refractivity contribution in [1.82, 2.24) is 0 Å². The van der Waals surface area contributed by atoms with Crippen molar-refractivity contribution in [3.05, 3.63) is 83.9 Å². The number of hydrogen-bond donors (Lipinski definition) is 0. The Morgan fingerprint density at radius 2 is 0.750 bits per heavy atom. The molecule has 0 saturated carbocycles. The van der Waals surface area contributed by atoms with Gasteiger partial charge in [0.25, 0.3) is 0 Å². The molecule has 0 N–H and O–H groups in total. The summed E-state index contributed by atoms with van der Waals surface area (Å²) in [5, 5.41) is 0. The summed E-state index contributed by atoms with van der Waals surface area (Å²) < 4.78 is 0. The molecule has 0 saturated heterocycles. The predicted octanol–water partition coefficient (Wildman–Crippen LogP) is 7.69. The molecule has 0 bridgehead atoms. The van der Waals surface area contributed by atoms with Gasteiger partial charge in [-0.05, 0) is 47.2 Å². The molecule has 3 aromatic carbocycles. The Labute approximate surface area is 148 Å². The number of rotatable bonds is 2. The molecular weight excluding hydrogens is 288 g/mol. The molecule has 126 valence electrons. The molecule has 0 atom stereocenters. The van der Waals surface area contributed by atoms with Gasteiger partial charge >= 0.3 is 0 Å². The second-order valence-electron chi connectivity index (χ2n) is 5.21. The quantitative estimate of drug-likeness (QED) is 0.454. The maximum atomic E-state index is 2.30. The van der Waals surface area contributed by atoms with Crippen LogP contribution < -0.4 is 0 Å². The lowest BCUT2D eigenvalue weighted by Crippen LogP contribution is -1.89. The van der Waals surface area contributed by atoms with Crippen LogP contribution in [-0.2, 0) is 0 Å². The van der Waals surface area contributed by atoms with Gasteiger partial charge in [0.1, 0.15) is 0 Å². The second-order valence-corrected chi connectivity index (χ2v) is 5.21. The van der Waals surface area contributed by atoms with Crippen LogP contribution in [0.1, 0.15) is 38.8 Å². The van der Waals surface area contributed by atoms with Crippen LogP contribution in [0.4, 0.5) is 0 Å². The zero-order valence-corrected chi connectivity index (χ0v) is 15.9. The van der Waals surface area contributed by atoms with Crippen molar-refractivity contribution in [1.29, 1.82) is 0 Å². The Kier molecular flexibility index (Phi) is 8.57. The van der Waals surface area contributed by atoms with E-state index in [1.54, 1.807) is 0 Å². The zero-order chi connectivity index (χ0) is 17.9. The van der Waals surface area contributed by atoms with E-state index >= 15 is 0 Å². The van der Waals surface area contributed by atoms with Gasteiger partial charge in [-0.15, -0.1) is 0 Å². The first-order valence-corrected chi connectivity index (χ1v) is 8.98. The Balaban J connectivity index is 0.000000671. The molecule has 0 spiro atoms. The number of benzene rings is 3. The molecular formula is C24H30. The average molecular weight is 319 g/mol. The molecule has 3 aromatic rings. The first-order chi connectivity index (χ1) is 11.8. The molecule has 0 aliphatic carbocycles. The largest absolute Gasteiger partial charge is 0.0683 e. The van der Waals surface area contributed by atoms with Crippen LogP contribution in [0, 0.1) is 13.8 Å². The Morgan fingerprint density at radius 1 is 0.458 bits per heavy atom. The van der Waals surface area contributed by atoms with Crippen LogP contribution in [0.15, 0.2) is 72.8 Å². The van der Waals surface area contributed by atoms with E-state index in [1.165, 1.54) is 33.4 Å². The molecule has 0 nitrogen and oxygen atoms in total. The Hall–Kier alpha value is -2.34. The Morgan fingerprint density at radius 3 is 1.04 bits per heavy atom. The fourth-order valence-corrected chi connectivity index (χ4v) is 2.67. The van der Waals surface area contributed by atoms with Gasteiger partial charge in [-0.2, -0.15) is 0 Å². The molecule has 0 heteroatoms. The van der Waals surface area contributed by atoms with Gasteiger partial charge in [0.05, 0.1) is 0 Å². The highest BCUT2D eigenvalue weighted by atomic mass is 14.1. The summed E-state index contributed by atoms with van der Waals surface area (Å²) in [7, 11) is 0. The zero-order valence-electron chi connectivity index (χ0n) is 15.9. The minimum atomic E-state index is 1.28. The summed E-state index contributed by atoms with van der Waals surface area (Å²) >= 11 is 0. The molecule has 0 heterocycles. The van der Waals surface area contributed by atoms with Crippen molar-refractivity contribution in [3.8, 4) is 22.3 Å². The molecule has 0 aliphatic rings. The summed E-state index contributed by atoms with van der Waals surface area (Å²) in [5.74, 6) is 0. The van der Waals surface area contributed by atoms with Gasteiger partial charge in [-0.1, -0.05) is 100 Å². The first-order valence-electron chi connectivity index (χ1n) is 8.98. The van der Waals surface area contributed by atoms with E-state index in [2.05, 4.69) is 86.6 Å². The van der Waals surface area contributed by atoms with E-state index in [0.717, 1.165) is 0 Å². The lowest BCUT2D eigenvalue weighted by atomic mass is 9.92. The van der Waals surface area contributed by atoms with Crippen LogP contribution in [0.5, 0.6) is 0 Å². The summed E-state index contributed by atoms with van der Waals surface area (Å²) in [4.78, 5) is 0. The fraction of sp³-hybridized carbons (Fsp3) is 0.250. The highest BCUT2D eigenvalue weighted by molar-refractivity contribution is 5.76. The van der Waals surface area contributed by atoms with Crippen molar-refractivity contribution < 1.29 is 0 Å². The lowest BCUT2D eigenvalue weighted by molar-refractivity contribution is 1.39. The van der Waals surface area contributed by atoms with Crippen LogP contribution >= 0.6 is 0 Å². The summed E-state index contributed by atoms with van der Waals surface area (Å²) in [5.41, 5.74) is 7.85. The topological polar surface area (TPSA) is 0 Å². The fourth-order valence-electron chi connectivity index (χ4n) is 2.67. The van der Waals surface area contributed by atoms with E-state index in [1.807, 2.05) is 27.7 Å². The monoisotopic (exact) mass is 318 g/mol.